The zero-order chi connectivity index (χ0) is 25.2. The average molecular weight is 502 g/mol. The fraction of sp³-hybridized carbons (Fsp3) is 0.409. The average Bonchev–Trinajstić information content (AvgIpc) is 3.18. The summed E-state index contributed by atoms with van der Waals surface area (Å²) in [5.41, 5.74) is -0.813. The first-order valence-electron chi connectivity index (χ1n) is 10.2. The standard InChI is InChI=1S/C22H20ClF4N3O4/c1-10-7-11(22(25,26)27)8-15(28-10)30-16(17-18(20(30)32)34-21(2,3)33-17)19(31)29(4)12-5-6-14(24)13(23)9-12/h5-9,16-18H,1-4H3. The molecular formula is C22H20ClF4N3O4. The number of likely N-dealkylation sites (N-methyl/N-ethyl adjacent to an activating group) is 1. The molecule has 2 fully saturated rings. The van der Waals surface area contributed by atoms with Crippen LogP contribution in [-0.4, -0.2) is 47.9 Å². The Morgan fingerprint density at radius 2 is 1.88 bits per heavy atom. The number of rotatable bonds is 3. The van der Waals surface area contributed by atoms with Crippen LogP contribution in [-0.2, 0) is 25.2 Å². The molecule has 7 nitrogen and oxygen atoms in total. The molecular weight excluding hydrogens is 482 g/mol. The molecule has 2 aliphatic heterocycles. The maximum atomic E-state index is 13.6. The van der Waals surface area contributed by atoms with Crippen LogP contribution in [0.15, 0.2) is 30.3 Å². The number of fused-ring (bicyclic) bond motifs is 1. The highest BCUT2D eigenvalue weighted by atomic mass is 35.5. The molecule has 2 amide bonds. The second kappa shape index (κ2) is 8.17. The molecule has 1 aromatic heterocycles. The third-order valence-electron chi connectivity index (χ3n) is 5.59. The Bertz CT molecular complexity index is 1170. The number of carbonyl (C=O) groups is 2. The van der Waals surface area contributed by atoms with Gasteiger partial charge in [-0.1, -0.05) is 11.6 Å². The van der Waals surface area contributed by atoms with Gasteiger partial charge in [-0.3, -0.25) is 14.5 Å². The summed E-state index contributed by atoms with van der Waals surface area (Å²) in [5.74, 6) is -3.72. The van der Waals surface area contributed by atoms with Crippen LogP contribution < -0.4 is 9.80 Å². The van der Waals surface area contributed by atoms with Crippen LogP contribution in [0.3, 0.4) is 0 Å². The molecule has 12 heteroatoms. The van der Waals surface area contributed by atoms with Crippen molar-refractivity contribution in [2.75, 3.05) is 16.8 Å². The summed E-state index contributed by atoms with van der Waals surface area (Å²) in [5, 5.41) is -0.230. The molecule has 182 valence electrons. The van der Waals surface area contributed by atoms with Crippen LogP contribution in [0.2, 0.25) is 5.02 Å². The number of halogens is 5. The van der Waals surface area contributed by atoms with Gasteiger partial charge in [0.05, 0.1) is 10.6 Å². The lowest BCUT2D eigenvalue weighted by Gasteiger charge is -2.31. The molecule has 3 atom stereocenters. The lowest BCUT2D eigenvalue weighted by Crippen LogP contribution is -2.51. The number of amides is 2. The number of benzene rings is 1. The maximum absolute atomic E-state index is 13.6. The molecule has 0 aliphatic carbocycles. The van der Waals surface area contributed by atoms with E-state index in [4.69, 9.17) is 21.1 Å². The van der Waals surface area contributed by atoms with Gasteiger partial charge in [0.15, 0.2) is 11.9 Å². The van der Waals surface area contributed by atoms with E-state index >= 15 is 0 Å². The minimum atomic E-state index is -4.70. The van der Waals surface area contributed by atoms with Crippen molar-refractivity contribution in [3.63, 3.8) is 0 Å². The molecule has 2 aliphatic rings. The Labute approximate surface area is 197 Å². The summed E-state index contributed by atoms with van der Waals surface area (Å²) < 4.78 is 65.4. The van der Waals surface area contributed by atoms with Crippen LogP contribution in [0.25, 0.3) is 0 Å². The summed E-state index contributed by atoms with van der Waals surface area (Å²) in [6.07, 6.45) is -7.05. The maximum Gasteiger partial charge on any atom is 0.416 e. The number of hydrogen-bond donors (Lipinski definition) is 0. The number of hydrogen-bond acceptors (Lipinski definition) is 5. The zero-order valence-electron chi connectivity index (χ0n) is 18.5. The molecule has 0 N–H and O–H groups in total. The molecule has 0 spiro atoms. The minimum absolute atomic E-state index is 0.00159. The fourth-order valence-corrected chi connectivity index (χ4v) is 4.27. The number of anilines is 2. The van der Waals surface area contributed by atoms with Gasteiger partial charge in [0.2, 0.25) is 0 Å². The molecule has 0 bridgehead atoms. The van der Waals surface area contributed by atoms with E-state index in [1.807, 2.05) is 0 Å². The number of aryl methyl sites for hydroxylation is 1. The molecule has 3 unspecified atom stereocenters. The lowest BCUT2D eigenvalue weighted by atomic mass is 10.1. The van der Waals surface area contributed by atoms with E-state index < -0.39 is 53.4 Å². The number of carbonyl (C=O) groups excluding carboxylic acids is 2. The van der Waals surface area contributed by atoms with Gasteiger partial charge in [0.25, 0.3) is 11.8 Å². The number of ether oxygens (including phenoxy) is 2. The van der Waals surface area contributed by atoms with Gasteiger partial charge in [0.1, 0.15) is 23.8 Å². The Balaban J connectivity index is 1.80. The smallest absolute Gasteiger partial charge is 0.341 e. The summed E-state index contributed by atoms with van der Waals surface area (Å²) in [6, 6.07) is 3.73. The lowest BCUT2D eigenvalue weighted by molar-refractivity contribution is -0.161. The first-order valence-corrected chi connectivity index (χ1v) is 10.5. The van der Waals surface area contributed by atoms with Gasteiger partial charge in [0, 0.05) is 18.4 Å². The predicted octanol–water partition coefficient (Wildman–Crippen LogP) is 4.10. The van der Waals surface area contributed by atoms with Crippen LogP contribution in [0.5, 0.6) is 0 Å². The van der Waals surface area contributed by atoms with Crippen LogP contribution >= 0.6 is 11.6 Å². The highest BCUT2D eigenvalue weighted by Gasteiger charge is 2.61. The topological polar surface area (TPSA) is 72.0 Å². The largest absolute Gasteiger partial charge is 0.416 e. The number of aromatic nitrogens is 1. The molecule has 34 heavy (non-hydrogen) atoms. The summed E-state index contributed by atoms with van der Waals surface area (Å²) in [7, 11) is 1.37. The first kappa shape index (κ1) is 24.4. The van der Waals surface area contributed by atoms with Crippen molar-refractivity contribution in [1.29, 1.82) is 0 Å². The predicted molar refractivity (Wildman–Crippen MR) is 114 cm³/mol. The molecule has 4 rings (SSSR count). The van der Waals surface area contributed by atoms with Gasteiger partial charge in [-0.05, 0) is 51.1 Å². The monoisotopic (exact) mass is 501 g/mol. The number of alkyl halides is 3. The zero-order valence-corrected chi connectivity index (χ0v) is 19.2. The van der Waals surface area contributed by atoms with Crippen molar-refractivity contribution in [3.8, 4) is 0 Å². The van der Waals surface area contributed by atoms with Crippen LogP contribution in [0.1, 0.15) is 25.1 Å². The highest BCUT2D eigenvalue weighted by molar-refractivity contribution is 6.31. The third-order valence-corrected chi connectivity index (χ3v) is 5.88. The Hall–Kier alpha value is -2.76. The molecule has 0 saturated carbocycles. The van der Waals surface area contributed by atoms with E-state index in [0.29, 0.717) is 6.07 Å². The van der Waals surface area contributed by atoms with Crippen molar-refractivity contribution in [3.05, 3.63) is 52.4 Å². The molecule has 1 aromatic carbocycles. The Morgan fingerprint density at radius 3 is 2.50 bits per heavy atom. The first-order chi connectivity index (χ1) is 15.7. The van der Waals surface area contributed by atoms with Gasteiger partial charge in [-0.15, -0.1) is 0 Å². The Kier molecular flexibility index (Phi) is 5.86. The van der Waals surface area contributed by atoms with Crippen molar-refractivity contribution in [2.24, 2.45) is 0 Å². The Morgan fingerprint density at radius 1 is 1.21 bits per heavy atom. The molecule has 2 saturated heterocycles. The summed E-state index contributed by atoms with van der Waals surface area (Å²) in [6.45, 7) is 4.46. The summed E-state index contributed by atoms with van der Waals surface area (Å²) >= 11 is 5.84. The van der Waals surface area contributed by atoms with E-state index in [2.05, 4.69) is 4.98 Å². The van der Waals surface area contributed by atoms with Gasteiger partial charge >= 0.3 is 6.18 Å². The van der Waals surface area contributed by atoms with E-state index in [-0.39, 0.29) is 22.2 Å². The second-order valence-electron chi connectivity index (χ2n) is 8.52. The molecule has 2 aromatic rings. The number of nitrogens with zero attached hydrogens (tertiary/aromatic N) is 3. The van der Waals surface area contributed by atoms with E-state index in [1.165, 1.54) is 26.1 Å². The number of pyridine rings is 1. The quantitative estimate of drug-likeness (QED) is 0.592. The van der Waals surface area contributed by atoms with Gasteiger partial charge in [-0.2, -0.15) is 13.2 Å². The molecule has 3 heterocycles. The summed E-state index contributed by atoms with van der Waals surface area (Å²) in [4.78, 5) is 33.0. The van der Waals surface area contributed by atoms with Crippen molar-refractivity contribution in [2.45, 2.75) is 51.0 Å². The van der Waals surface area contributed by atoms with Crippen LogP contribution in [0.4, 0.5) is 29.1 Å². The minimum Gasteiger partial charge on any atom is -0.341 e. The van der Waals surface area contributed by atoms with Gasteiger partial charge < -0.3 is 14.4 Å². The highest BCUT2D eigenvalue weighted by Crippen LogP contribution is 2.41. The van der Waals surface area contributed by atoms with Gasteiger partial charge in [-0.25, -0.2) is 9.37 Å². The van der Waals surface area contributed by atoms with E-state index in [0.717, 1.165) is 21.9 Å². The normalized spacial score (nSPS) is 23.9. The van der Waals surface area contributed by atoms with Crippen molar-refractivity contribution in [1.82, 2.24) is 4.98 Å². The van der Waals surface area contributed by atoms with E-state index in [1.54, 1.807) is 13.8 Å². The van der Waals surface area contributed by atoms with Crippen molar-refractivity contribution >= 4 is 34.9 Å². The van der Waals surface area contributed by atoms with Crippen LogP contribution in [0, 0.1) is 12.7 Å². The van der Waals surface area contributed by atoms with Crippen molar-refractivity contribution < 1.29 is 36.6 Å². The second-order valence-corrected chi connectivity index (χ2v) is 8.93. The molecule has 0 radical (unpaired) electrons. The SMILES string of the molecule is Cc1cc(C(F)(F)F)cc(N2C(=O)C3OC(C)(C)OC3C2C(=O)N(C)c2ccc(F)c(Cl)c2)n1. The third kappa shape index (κ3) is 4.23. The fourth-order valence-electron chi connectivity index (χ4n) is 4.10. The van der Waals surface area contributed by atoms with E-state index in [9.17, 15) is 27.2 Å².